The number of piperidine rings is 1. The number of aromatic nitrogens is 4. The maximum atomic E-state index is 11.6. The van der Waals surface area contributed by atoms with Crippen LogP contribution in [0.3, 0.4) is 0 Å². The highest BCUT2D eigenvalue weighted by Crippen LogP contribution is 2.22. The number of ether oxygens (including phenoxy) is 1. The molecule has 1 fully saturated rings. The average Bonchev–Trinajstić information content (AvgIpc) is 2.63. The SMILES string of the molecule is COCc1nccc(NCC2CCCCN2c2ccc(=O)n(C)n2)n1. The van der Waals surface area contributed by atoms with Crippen molar-refractivity contribution in [3.8, 4) is 0 Å². The molecule has 2 aromatic rings. The standard InChI is InChI=1S/C17H24N6O2/c1-22-17(24)7-6-16(21-22)23-10-4-3-5-13(23)11-19-14-8-9-18-15(20-14)12-25-2/h6-9,13H,3-5,10-12H2,1-2H3,(H,18,19,20). The van der Waals surface area contributed by atoms with Crippen molar-refractivity contribution < 1.29 is 4.74 Å². The van der Waals surface area contributed by atoms with Crippen molar-refractivity contribution >= 4 is 11.6 Å². The lowest BCUT2D eigenvalue weighted by molar-refractivity contribution is 0.178. The van der Waals surface area contributed by atoms with E-state index in [-0.39, 0.29) is 5.56 Å². The predicted molar refractivity (Wildman–Crippen MR) is 95.7 cm³/mol. The Morgan fingerprint density at radius 2 is 2.20 bits per heavy atom. The number of nitrogens with zero attached hydrogens (tertiary/aromatic N) is 5. The van der Waals surface area contributed by atoms with Gasteiger partial charge in [0, 0.05) is 45.6 Å². The van der Waals surface area contributed by atoms with Gasteiger partial charge in [-0.2, -0.15) is 5.10 Å². The molecular formula is C17H24N6O2. The van der Waals surface area contributed by atoms with Gasteiger partial charge in [-0.25, -0.2) is 14.6 Å². The molecular weight excluding hydrogens is 320 g/mol. The van der Waals surface area contributed by atoms with E-state index in [4.69, 9.17) is 4.74 Å². The van der Waals surface area contributed by atoms with E-state index in [0.29, 0.717) is 18.5 Å². The molecule has 1 aliphatic heterocycles. The van der Waals surface area contributed by atoms with Crippen molar-refractivity contribution in [2.24, 2.45) is 7.05 Å². The largest absolute Gasteiger partial charge is 0.377 e. The molecule has 8 heteroatoms. The van der Waals surface area contributed by atoms with Crippen molar-refractivity contribution in [2.75, 3.05) is 30.4 Å². The van der Waals surface area contributed by atoms with Gasteiger partial charge in [0.25, 0.3) is 5.56 Å². The second kappa shape index (κ2) is 8.06. The molecule has 0 bridgehead atoms. The second-order valence-electron chi connectivity index (χ2n) is 6.17. The molecule has 0 aliphatic carbocycles. The summed E-state index contributed by atoms with van der Waals surface area (Å²) in [7, 11) is 3.31. The normalized spacial score (nSPS) is 17.5. The monoisotopic (exact) mass is 344 g/mol. The minimum Gasteiger partial charge on any atom is -0.377 e. The minimum absolute atomic E-state index is 0.0953. The Kier molecular flexibility index (Phi) is 5.60. The molecule has 1 atom stereocenters. The van der Waals surface area contributed by atoms with Gasteiger partial charge in [-0.05, 0) is 31.4 Å². The summed E-state index contributed by atoms with van der Waals surface area (Å²) >= 11 is 0. The molecule has 0 amide bonds. The van der Waals surface area contributed by atoms with Crippen LogP contribution in [-0.4, -0.2) is 46.0 Å². The summed E-state index contributed by atoms with van der Waals surface area (Å²) < 4.78 is 6.46. The van der Waals surface area contributed by atoms with E-state index in [1.54, 1.807) is 26.4 Å². The van der Waals surface area contributed by atoms with Crippen molar-refractivity contribution in [3.63, 3.8) is 0 Å². The van der Waals surface area contributed by atoms with E-state index >= 15 is 0 Å². The molecule has 1 unspecified atom stereocenters. The van der Waals surface area contributed by atoms with E-state index in [0.717, 1.165) is 37.6 Å². The molecule has 134 valence electrons. The van der Waals surface area contributed by atoms with Crippen molar-refractivity contribution in [2.45, 2.75) is 31.9 Å². The number of hydrogen-bond donors (Lipinski definition) is 1. The topological polar surface area (TPSA) is 85.2 Å². The molecule has 25 heavy (non-hydrogen) atoms. The summed E-state index contributed by atoms with van der Waals surface area (Å²) in [4.78, 5) is 22.5. The van der Waals surface area contributed by atoms with Crippen LogP contribution in [-0.2, 0) is 18.4 Å². The van der Waals surface area contributed by atoms with Crippen LogP contribution >= 0.6 is 0 Å². The van der Waals surface area contributed by atoms with E-state index in [1.165, 1.54) is 11.1 Å². The van der Waals surface area contributed by atoms with Gasteiger partial charge in [0.2, 0.25) is 0 Å². The van der Waals surface area contributed by atoms with Gasteiger partial charge in [0.15, 0.2) is 5.82 Å². The molecule has 8 nitrogen and oxygen atoms in total. The van der Waals surface area contributed by atoms with Crippen LogP contribution in [0.25, 0.3) is 0 Å². The van der Waals surface area contributed by atoms with Crippen molar-refractivity contribution in [1.82, 2.24) is 19.7 Å². The molecule has 1 N–H and O–H groups in total. The summed E-state index contributed by atoms with van der Waals surface area (Å²) in [5.41, 5.74) is -0.0953. The summed E-state index contributed by atoms with van der Waals surface area (Å²) in [6.07, 6.45) is 5.13. The molecule has 0 aromatic carbocycles. The predicted octanol–water partition coefficient (Wildman–Crippen LogP) is 1.19. The Morgan fingerprint density at radius 3 is 3.00 bits per heavy atom. The Hall–Kier alpha value is -2.48. The van der Waals surface area contributed by atoms with Crippen LogP contribution in [0.15, 0.2) is 29.2 Å². The van der Waals surface area contributed by atoms with Crippen LogP contribution in [0.2, 0.25) is 0 Å². The van der Waals surface area contributed by atoms with Gasteiger partial charge < -0.3 is 15.0 Å². The van der Waals surface area contributed by atoms with E-state index in [1.807, 2.05) is 12.1 Å². The van der Waals surface area contributed by atoms with Crippen LogP contribution in [0.5, 0.6) is 0 Å². The molecule has 1 saturated heterocycles. The molecule has 1 aliphatic rings. The first-order valence-electron chi connectivity index (χ1n) is 8.53. The zero-order chi connectivity index (χ0) is 17.6. The molecule has 0 saturated carbocycles. The molecule has 2 aromatic heterocycles. The lowest BCUT2D eigenvalue weighted by Crippen LogP contribution is -2.45. The first kappa shape index (κ1) is 17.3. The highest BCUT2D eigenvalue weighted by Gasteiger charge is 2.24. The van der Waals surface area contributed by atoms with Crippen LogP contribution < -0.4 is 15.8 Å². The summed E-state index contributed by atoms with van der Waals surface area (Å²) in [5.74, 6) is 2.30. The van der Waals surface area contributed by atoms with Crippen LogP contribution in [0, 0.1) is 0 Å². The molecule has 3 rings (SSSR count). The van der Waals surface area contributed by atoms with Crippen molar-refractivity contribution in [3.05, 3.63) is 40.6 Å². The minimum atomic E-state index is -0.0953. The maximum Gasteiger partial charge on any atom is 0.266 e. The first-order valence-corrected chi connectivity index (χ1v) is 8.53. The third kappa shape index (κ3) is 4.33. The number of anilines is 2. The van der Waals surface area contributed by atoms with Gasteiger partial charge >= 0.3 is 0 Å². The van der Waals surface area contributed by atoms with E-state index < -0.39 is 0 Å². The highest BCUT2D eigenvalue weighted by molar-refractivity contribution is 5.40. The van der Waals surface area contributed by atoms with Gasteiger partial charge in [0.1, 0.15) is 18.2 Å². The van der Waals surface area contributed by atoms with Gasteiger partial charge in [-0.1, -0.05) is 0 Å². The Balaban J connectivity index is 1.70. The third-order valence-corrected chi connectivity index (χ3v) is 4.37. The van der Waals surface area contributed by atoms with E-state index in [2.05, 4.69) is 25.3 Å². The highest BCUT2D eigenvalue weighted by atomic mass is 16.5. The Labute approximate surface area is 146 Å². The summed E-state index contributed by atoms with van der Waals surface area (Å²) in [5, 5.41) is 7.79. The van der Waals surface area contributed by atoms with Crippen molar-refractivity contribution in [1.29, 1.82) is 0 Å². The first-order chi connectivity index (χ1) is 12.2. The summed E-state index contributed by atoms with van der Waals surface area (Å²) in [6.45, 7) is 2.09. The maximum absolute atomic E-state index is 11.6. The lowest BCUT2D eigenvalue weighted by Gasteiger charge is -2.36. The smallest absolute Gasteiger partial charge is 0.266 e. The number of hydrogen-bond acceptors (Lipinski definition) is 7. The zero-order valence-corrected chi connectivity index (χ0v) is 14.7. The van der Waals surface area contributed by atoms with E-state index in [9.17, 15) is 4.79 Å². The number of nitrogens with one attached hydrogen (secondary N) is 1. The van der Waals surface area contributed by atoms with Gasteiger partial charge in [-0.3, -0.25) is 4.79 Å². The zero-order valence-electron chi connectivity index (χ0n) is 14.7. The van der Waals surface area contributed by atoms with Crippen LogP contribution in [0.4, 0.5) is 11.6 Å². The number of methoxy groups -OCH3 is 1. The number of aryl methyl sites for hydroxylation is 1. The second-order valence-corrected chi connectivity index (χ2v) is 6.17. The lowest BCUT2D eigenvalue weighted by atomic mass is 10.0. The Morgan fingerprint density at radius 1 is 1.32 bits per heavy atom. The summed E-state index contributed by atoms with van der Waals surface area (Å²) in [6, 6.07) is 5.54. The fourth-order valence-corrected chi connectivity index (χ4v) is 3.08. The third-order valence-electron chi connectivity index (χ3n) is 4.37. The number of rotatable bonds is 6. The Bertz CT molecular complexity index is 763. The molecule has 0 radical (unpaired) electrons. The fourth-order valence-electron chi connectivity index (χ4n) is 3.08. The van der Waals surface area contributed by atoms with Gasteiger partial charge in [-0.15, -0.1) is 0 Å². The van der Waals surface area contributed by atoms with Gasteiger partial charge in [0.05, 0.1) is 0 Å². The quantitative estimate of drug-likeness (QED) is 0.842. The van der Waals surface area contributed by atoms with Crippen LogP contribution in [0.1, 0.15) is 25.1 Å². The average molecular weight is 344 g/mol. The molecule has 3 heterocycles. The fraction of sp³-hybridized carbons (Fsp3) is 0.529. The molecule has 0 spiro atoms.